The molecule has 0 bridgehead atoms. The zero-order valence-electron chi connectivity index (χ0n) is 10.1. The van der Waals surface area contributed by atoms with Gasteiger partial charge in [0, 0.05) is 25.6 Å². The van der Waals surface area contributed by atoms with Crippen molar-refractivity contribution in [2.45, 2.75) is 32.4 Å². The van der Waals surface area contributed by atoms with Gasteiger partial charge in [0.15, 0.2) is 0 Å². The molecule has 1 aliphatic heterocycles. The third kappa shape index (κ3) is 6.05. The first kappa shape index (κ1) is 13.4. The standard InChI is InChI=1S/C11H22N2O3/c1-9(2)16-6-4-13-11(14)7-10-8-15-5-3-12-10/h9-10,12H,3-8H2,1-2H3,(H,13,14). The maximum Gasteiger partial charge on any atom is 0.221 e. The lowest BCUT2D eigenvalue weighted by molar-refractivity contribution is -0.122. The lowest BCUT2D eigenvalue weighted by atomic mass is 10.2. The molecular formula is C11H22N2O3. The largest absolute Gasteiger partial charge is 0.378 e. The minimum absolute atomic E-state index is 0.0513. The van der Waals surface area contributed by atoms with E-state index in [9.17, 15) is 4.79 Å². The molecule has 5 nitrogen and oxygen atoms in total. The van der Waals surface area contributed by atoms with Gasteiger partial charge in [-0.25, -0.2) is 0 Å². The molecule has 0 aromatic carbocycles. The number of ether oxygens (including phenoxy) is 2. The van der Waals surface area contributed by atoms with Crippen molar-refractivity contribution < 1.29 is 14.3 Å². The maximum absolute atomic E-state index is 11.5. The summed E-state index contributed by atoms with van der Waals surface area (Å²) in [5.74, 6) is 0.0513. The van der Waals surface area contributed by atoms with Crippen LogP contribution in [0.5, 0.6) is 0 Å². The van der Waals surface area contributed by atoms with Crippen LogP contribution in [0.25, 0.3) is 0 Å². The van der Waals surface area contributed by atoms with E-state index in [1.165, 1.54) is 0 Å². The molecule has 0 radical (unpaired) electrons. The second-order valence-corrected chi connectivity index (χ2v) is 4.20. The summed E-state index contributed by atoms with van der Waals surface area (Å²) < 4.78 is 10.6. The van der Waals surface area contributed by atoms with Gasteiger partial charge in [-0.2, -0.15) is 0 Å². The molecule has 0 aromatic rings. The smallest absolute Gasteiger partial charge is 0.221 e. The first-order valence-corrected chi connectivity index (χ1v) is 5.88. The van der Waals surface area contributed by atoms with Gasteiger partial charge in [0.1, 0.15) is 0 Å². The average molecular weight is 230 g/mol. The molecular weight excluding hydrogens is 208 g/mol. The average Bonchev–Trinajstić information content (AvgIpc) is 2.25. The van der Waals surface area contributed by atoms with Gasteiger partial charge in [0.2, 0.25) is 5.91 Å². The van der Waals surface area contributed by atoms with Crippen LogP contribution in [-0.4, -0.2) is 51.0 Å². The van der Waals surface area contributed by atoms with E-state index in [0.29, 0.717) is 26.2 Å². The minimum Gasteiger partial charge on any atom is -0.378 e. The Morgan fingerprint density at radius 1 is 1.62 bits per heavy atom. The molecule has 0 aliphatic carbocycles. The van der Waals surface area contributed by atoms with Crippen LogP contribution in [0.15, 0.2) is 0 Å². The molecule has 1 aliphatic rings. The molecule has 1 heterocycles. The maximum atomic E-state index is 11.5. The fourth-order valence-corrected chi connectivity index (χ4v) is 1.53. The van der Waals surface area contributed by atoms with Gasteiger partial charge < -0.3 is 20.1 Å². The topological polar surface area (TPSA) is 59.6 Å². The Morgan fingerprint density at radius 3 is 3.06 bits per heavy atom. The zero-order chi connectivity index (χ0) is 11.8. The number of nitrogens with one attached hydrogen (secondary N) is 2. The quantitative estimate of drug-likeness (QED) is 0.626. The fraction of sp³-hybridized carbons (Fsp3) is 0.909. The lowest BCUT2D eigenvalue weighted by Gasteiger charge is -2.23. The molecule has 1 amide bonds. The highest BCUT2D eigenvalue weighted by atomic mass is 16.5. The Balaban J connectivity index is 2.01. The molecule has 0 saturated carbocycles. The highest BCUT2D eigenvalue weighted by Crippen LogP contribution is 1.97. The third-order valence-corrected chi connectivity index (χ3v) is 2.31. The Kier molecular flexibility index (Phi) is 6.37. The molecule has 1 saturated heterocycles. The predicted molar refractivity (Wildman–Crippen MR) is 61.3 cm³/mol. The Bertz CT molecular complexity index is 203. The highest BCUT2D eigenvalue weighted by molar-refractivity contribution is 5.76. The molecule has 1 rings (SSSR count). The summed E-state index contributed by atoms with van der Waals surface area (Å²) in [5, 5.41) is 6.07. The molecule has 16 heavy (non-hydrogen) atoms. The summed E-state index contributed by atoms with van der Waals surface area (Å²) in [7, 11) is 0. The number of hydrogen-bond donors (Lipinski definition) is 2. The van der Waals surface area contributed by atoms with E-state index in [2.05, 4.69) is 10.6 Å². The van der Waals surface area contributed by atoms with Crippen molar-refractivity contribution in [1.29, 1.82) is 0 Å². The number of rotatable bonds is 6. The van der Waals surface area contributed by atoms with E-state index in [0.717, 1.165) is 13.2 Å². The molecule has 5 heteroatoms. The van der Waals surface area contributed by atoms with Crippen LogP contribution in [-0.2, 0) is 14.3 Å². The summed E-state index contributed by atoms with van der Waals surface area (Å²) in [6, 6.07) is 0.153. The van der Waals surface area contributed by atoms with E-state index < -0.39 is 0 Å². The molecule has 2 N–H and O–H groups in total. The molecule has 0 spiro atoms. The van der Waals surface area contributed by atoms with Crippen LogP contribution < -0.4 is 10.6 Å². The SMILES string of the molecule is CC(C)OCCNC(=O)CC1COCCN1. The van der Waals surface area contributed by atoms with E-state index in [1.54, 1.807) is 0 Å². The van der Waals surface area contributed by atoms with Crippen LogP contribution in [0.2, 0.25) is 0 Å². The molecule has 1 fully saturated rings. The van der Waals surface area contributed by atoms with Crippen molar-refractivity contribution in [3.05, 3.63) is 0 Å². The van der Waals surface area contributed by atoms with Gasteiger partial charge in [-0.1, -0.05) is 0 Å². The van der Waals surface area contributed by atoms with Crippen LogP contribution >= 0.6 is 0 Å². The lowest BCUT2D eigenvalue weighted by Crippen LogP contribution is -2.44. The van der Waals surface area contributed by atoms with E-state index in [-0.39, 0.29) is 18.1 Å². The number of hydrogen-bond acceptors (Lipinski definition) is 4. The zero-order valence-corrected chi connectivity index (χ0v) is 10.1. The van der Waals surface area contributed by atoms with Crippen LogP contribution in [0, 0.1) is 0 Å². The van der Waals surface area contributed by atoms with Crippen molar-refractivity contribution in [3.8, 4) is 0 Å². The van der Waals surface area contributed by atoms with E-state index >= 15 is 0 Å². The summed E-state index contributed by atoms with van der Waals surface area (Å²) >= 11 is 0. The van der Waals surface area contributed by atoms with Crippen molar-refractivity contribution >= 4 is 5.91 Å². The number of amides is 1. The first-order valence-electron chi connectivity index (χ1n) is 5.88. The van der Waals surface area contributed by atoms with Gasteiger partial charge in [-0.3, -0.25) is 4.79 Å². The van der Waals surface area contributed by atoms with Crippen LogP contribution in [0.4, 0.5) is 0 Å². The summed E-state index contributed by atoms with van der Waals surface area (Å²) in [4.78, 5) is 11.5. The van der Waals surface area contributed by atoms with Gasteiger partial charge in [0.25, 0.3) is 0 Å². The van der Waals surface area contributed by atoms with E-state index in [1.807, 2.05) is 13.8 Å². The van der Waals surface area contributed by atoms with Gasteiger partial charge >= 0.3 is 0 Å². The Labute approximate surface area is 96.9 Å². The van der Waals surface area contributed by atoms with Crippen molar-refractivity contribution in [3.63, 3.8) is 0 Å². The Hall–Kier alpha value is -0.650. The van der Waals surface area contributed by atoms with Crippen molar-refractivity contribution in [2.24, 2.45) is 0 Å². The van der Waals surface area contributed by atoms with Gasteiger partial charge in [-0.15, -0.1) is 0 Å². The molecule has 1 atom stereocenters. The number of carbonyl (C=O) groups excluding carboxylic acids is 1. The van der Waals surface area contributed by atoms with Crippen LogP contribution in [0.1, 0.15) is 20.3 Å². The second kappa shape index (κ2) is 7.60. The Morgan fingerprint density at radius 2 is 2.44 bits per heavy atom. The normalized spacial score (nSPS) is 21.1. The van der Waals surface area contributed by atoms with E-state index in [4.69, 9.17) is 9.47 Å². The van der Waals surface area contributed by atoms with Crippen molar-refractivity contribution in [2.75, 3.05) is 32.9 Å². The van der Waals surface area contributed by atoms with Crippen molar-refractivity contribution in [1.82, 2.24) is 10.6 Å². The number of carbonyl (C=O) groups is 1. The highest BCUT2D eigenvalue weighted by Gasteiger charge is 2.16. The summed E-state index contributed by atoms with van der Waals surface area (Å²) in [6.07, 6.45) is 0.687. The molecule has 1 unspecified atom stereocenters. The fourth-order valence-electron chi connectivity index (χ4n) is 1.53. The minimum atomic E-state index is 0.0513. The monoisotopic (exact) mass is 230 g/mol. The summed E-state index contributed by atoms with van der Waals surface area (Å²) in [5.41, 5.74) is 0. The first-order chi connectivity index (χ1) is 7.68. The predicted octanol–water partition coefficient (Wildman–Crippen LogP) is -0.0939. The number of morpholine rings is 1. The van der Waals surface area contributed by atoms with Gasteiger partial charge in [0.05, 0.1) is 25.9 Å². The second-order valence-electron chi connectivity index (χ2n) is 4.20. The third-order valence-electron chi connectivity index (χ3n) is 2.31. The molecule has 94 valence electrons. The van der Waals surface area contributed by atoms with Gasteiger partial charge in [-0.05, 0) is 13.8 Å². The summed E-state index contributed by atoms with van der Waals surface area (Å²) in [6.45, 7) is 7.28. The van der Waals surface area contributed by atoms with Crippen LogP contribution in [0.3, 0.4) is 0 Å². The molecule has 0 aromatic heterocycles.